The second-order valence-corrected chi connectivity index (χ2v) is 3.58. The van der Waals surface area contributed by atoms with Crippen molar-refractivity contribution in [2.24, 2.45) is 0 Å². The zero-order valence-electron chi connectivity index (χ0n) is 8.69. The summed E-state index contributed by atoms with van der Waals surface area (Å²) in [4.78, 5) is 4.03. The van der Waals surface area contributed by atoms with E-state index in [1.807, 2.05) is 35.3 Å². The normalized spacial score (nSPS) is 10.5. The van der Waals surface area contributed by atoms with Gasteiger partial charge in [-0.15, -0.1) is 0 Å². The average molecular weight is 209 g/mol. The molecule has 0 saturated carbocycles. The highest BCUT2D eigenvalue weighted by Gasteiger charge is 1.97. The molecule has 0 aliphatic rings. The number of nitrogens with zero attached hydrogens (tertiary/aromatic N) is 3. The van der Waals surface area contributed by atoms with Crippen molar-refractivity contribution < 1.29 is 0 Å². The van der Waals surface area contributed by atoms with E-state index >= 15 is 0 Å². The molecule has 2 heterocycles. The Morgan fingerprint density at radius 3 is 1.94 bits per heavy atom. The summed E-state index contributed by atoms with van der Waals surface area (Å²) in [5, 5.41) is 0. The fourth-order valence-corrected chi connectivity index (χ4v) is 1.72. The van der Waals surface area contributed by atoms with Crippen molar-refractivity contribution in [1.82, 2.24) is 14.1 Å². The van der Waals surface area contributed by atoms with Gasteiger partial charge in [0.15, 0.2) is 0 Å². The van der Waals surface area contributed by atoms with Crippen LogP contribution < -0.4 is 0 Å². The van der Waals surface area contributed by atoms with Crippen LogP contribution in [0, 0.1) is 0 Å². The fraction of sp³-hybridized carbons (Fsp3) is 0. The van der Waals surface area contributed by atoms with Gasteiger partial charge in [-0.2, -0.15) is 0 Å². The van der Waals surface area contributed by atoms with Gasteiger partial charge in [-0.25, -0.2) is 4.98 Å². The van der Waals surface area contributed by atoms with Crippen LogP contribution in [0.2, 0.25) is 0 Å². The summed E-state index contributed by atoms with van der Waals surface area (Å²) in [6.07, 6.45) is 9.58. The lowest BCUT2D eigenvalue weighted by Gasteiger charge is -2.05. The maximum Gasteiger partial charge on any atom is 0.0991 e. The van der Waals surface area contributed by atoms with Crippen LogP contribution >= 0.6 is 0 Å². The van der Waals surface area contributed by atoms with Crippen LogP contribution in [0.25, 0.3) is 11.4 Å². The number of hydrogen-bond acceptors (Lipinski definition) is 1. The van der Waals surface area contributed by atoms with Gasteiger partial charge in [0.1, 0.15) is 0 Å². The summed E-state index contributed by atoms with van der Waals surface area (Å²) in [5.74, 6) is 0. The predicted molar refractivity (Wildman–Crippen MR) is 62.9 cm³/mol. The summed E-state index contributed by atoms with van der Waals surface area (Å²) in [5.41, 5.74) is 2.28. The first-order chi connectivity index (χ1) is 7.93. The molecule has 0 spiro atoms. The molecule has 0 unspecified atom stereocenters. The van der Waals surface area contributed by atoms with Crippen molar-refractivity contribution in [3.8, 4) is 11.4 Å². The van der Waals surface area contributed by atoms with Crippen molar-refractivity contribution in [2.45, 2.75) is 0 Å². The molecule has 0 amide bonds. The van der Waals surface area contributed by atoms with Gasteiger partial charge in [0.2, 0.25) is 0 Å². The van der Waals surface area contributed by atoms with E-state index in [9.17, 15) is 0 Å². The maximum absolute atomic E-state index is 4.03. The molecule has 2 aromatic heterocycles. The molecule has 0 bridgehead atoms. The number of rotatable bonds is 2. The Hall–Kier alpha value is -2.29. The first kappa shape index (κ1) is 8.97. The molecule has 3 nitrogen and oxygen atoms in total. The van der Waals surface area contributed by atoms with Gasteiger partial charge in [0.05, 0.1) is 6.33 Å². The van der Waals surface area contributed by atoms with Gasteiger partial charge in [-0.3, -0.25) is 0 Å². The third-order valence-electron chi connectivity index (χ3n) is 2.55. The Balaban J connectivity index is 1.97. The first-order valence-corrected chi connectivity index (χ1v) is 5.15. The van der Waals surface area contributed by atoms with Gasteiger partial charge in [-0.05, 0) is 36.4 Å². The number of benzene rings is 1. The largest absolute Gasteiger partial charge is 0.324 e. The highest BCUT2D eigenvalue weighted by molar-refractivity contribution is 5.41. The summed E-state index contributed by atoms with van der Waals surface area (Å²) < 4.78 is 4.07. The smallest absolute Gasteiger partial charge is 0.0991 e. The lowest BCUT2D eigenvalue weighted by Crippen LogP contribution is -1.92. The molecule has 0 fully saturated rings. The third kappa shape index (κ3) is 1.52. The molecular weight excluding hydrogens is 198 g/mol. The molecule has 1 aromatic carbocycles. The molecular formula is C13H11N3. The monoisotopic (exact) mass is 209 g/mol. The molecule has 3 aromatic rings. The summed E-state index contributed by atoms with van der Waals surface area (Å²) >= 11 is 0. The van der Waals surface area contributed by atoms with E-state index in [0.717, 1.165) is 11.4 Å². The minimum atomic E-state index is 1.12. The Labute approximate surface area is 93.6 Å². The molecule has 0 atom stereocenters. The number of aromatic nitrogens is 3. The average Bonchev–Trinajstić information content (AvgIpc) is 3.03. The molecule has 0 saturated heterocycles. The van der Waals surface area contributed by atoms with Crippen LogP contribution in [0.3, 0.4) is 0 Å². The van der Waals surface area contributed by atoms with Crippen molar-refractivity contribution >= 4 is 0 Å². The third-order valence-corrected chi connectivity index (χ3v) is 2.55. The second-order valence-electron chi connectivity index (χ2n) is 3.58. The van der Waals surface area contributed by atoms with Gasteiger partial charge >= 0.3 is 0 Å². The van der Waals surface area contributed by atoms with Crippen LogP contribution in [0.5, 0.6) is 0 Å². The molecule has 3 rings (SSSR count). The van der Waals surface area contributed by atoms with E-state index in [1.54, 1.807) is 12.5 Å². The molecule has 0 radical (unpaired) electrons. The van der Waals surface area contributed by atoms with E-state index in [-0.39, 0.29) is 0 Å². The minimum Gasteiger partial charge on any atom is -0.324 e. The van der Waals surface area contributed by atoms with Crippen LogP contribution in [-0.4, -0.2) is 14.1 Å². The number of hydrogen-bond donors (Lipinski definition) is 0. The Morgan fingerprint density at radius 2 is 1.38 bits per heavy atom. The van der Waals surface area contributed by atoms with Crippen molar-refractivity contribution in [1.29, 1.82) is 0 Å². The lowest BCUT2D eigenvalue weighted by atomic mass is 10.3. The van der Waals surface area contributed by atoms with Gasteiger partial charge < -0.3 is 9.13 Å². The molecule has 16 heavy (non-hydrogen) atoms. The van der Waals surface area contributed by atoms with Crippen molar-refractivity contribution in [3.63, 3.8) is 0 Å². The van der Waals surface area contributed by atoms with E-state index in [1.165, 1.54) is 0 Å². The van der Waals surface area contributed by atoms with Crippen LogP contribution in [0.4, 0.5) is 0 Å². The van der Waals surface area contributed by atoms with E-state index in [4.69, 9.17) is 0 Å². The maximum atomic E-state index is 4.03. The van der Waals surface area contributed by atoms with Crippen LogP contribution in [-0.2, 0) is 0 Å². The van der Waals surface area contributed by atoms with Gasteiger partial charge in [-0.1, -0.05) is 0 Å². The van der Waals surface area contributed by atoms with Crippen molar-refractivity contribution in [3.05, 3.63) is 67.5 Å². The number of imidazole rings is 1. The zero-order chi connectivity index (χ0) is 10.8. The quantitative estimate of drug-likeness (QED) is 0.636. The molecule has 0 aliphatic carbocycles. The molecule has 3 heteroatoms. The summed E-state index contributed by atoms with van der Waals surface area (Å²) in [6.45, 7) is 0. The van der Waals surface area contributed by atoms with Crippen molar-refractivity contribution in [2.75, 3.05) is 0 Å². The van der Waals surface area contributed by atoms with Gasteiger partial charge in [0, 0.05) is 36.2 Å². The minimum absolute atomic E-state index is 1.12. The summed E-state index contributed by atoms with van der Waals surface area (Å²) in [7, 11) is 0. The summed E-state index contributed by atoms with van der Waals surface area (Å²) in [6, 6.07) is 12.4. The van der Waals surface area contributed by atoms with Crippen LogP contribution in [0.1, 0.15) is 0 Å². The molecule has 0 N–H and O–H groups in total. The second kappa shape index (κ2) is 3.70. The zero-order valence-corrected chi connectivity index (χ0v) is 8.69. The fourth-order valence-electron chi connectivity index (χ4n) is 1.72. The Morgan fingerprint density at radius 1 is 0.750 bits per heavy atom. The molecule has 78 valence electrons. The first-order valence-electron chi connectivity index (χ1n) is 5.15. The topological polar surface area (TPSA) is 22.8 Å². The van der Waals surface area contributed by atoms with Gasteiger partial charge in [0.25, 0.3) is 0 Å². The van der Waals surface area contributed by atoms with E-state index in [2.05, 4.69) is 33.8 Å². The van der Waals surface area contributed by atoms with E-state index in [0.29, 0.717) is 0 Å². The lowest BCUT2D eigenvalue weighted by molar-refractivity contribution is 1.04. The SMILES string of the molecule is c1ccn(-c2ccc(-n3ccnc3)cc2)c1. The standard InChI is InChI=1S/C13H11N3/c1-2-9-15(8-1)12-3-5-13(6-4-12)16-10-7-14-11-16/h1-11H. The molecule has 0 aliphatic heterocycles. The predicted octanol–water partition coefficient (Wildman–Crippen LogP) is 2.66. The van der Waals surface area contributed by atoms with Crippen LogP contribution in [0.15, 0.2) is 67.5 Å². The van der Waals surface area contributed by atoms with E-state index < -0.39 is 0 Å². The highest BCUT2D eigenvalue weighted by atomic mass is 15.0. The Kier molecular flexibility index (Phi) is 2.07. The Bertz CT molecular complexity index is 495. The highest BCUT2D eigenvalue weighted by Crippen LogP contribution is 2.12.